The molecule has 0 unspecified atom stereocenters. The maximum absolute atomic E-state index is 4.25. The molecule has 3 nitrogen and oxygen atoms in total. The zero-order valence-electron chi connectivity index (χ0n) is 13.2. The minimum atomic E-state index is 0.834. The highest BCUT2D eigenvalue weighted by Gasteiger charge is 2.06. The Bertz CT molecular complexity index is 766. The van der Waals surface area contributed by atoms with Crippen molar-refractivity contribution in [3.63, 3.8) is 0 Å². The Balaban J connectivity index is 1.59. The van der Waals surface area contributed by atoms with Gasteiger partial charge in [0, 0.05) is 11.4 Å². The molecule has 3 aromatic rings. The van der Waals surface area contributed by atoms with E-state index in [0.717, 1.165) is 27.3 Å². The van der Waals surface area contributed by atoms with Crippen LogP contribution >= 0.6 is 23.1 Å². The van der Waals surface area contributed by atoms with Crippen LogP contribution in [-0.2, 0) is 12.2 Å². The van der Waals surface area contributed by atoms with E-state index in [1.165, 1.54) is 16.7 Å². The normalized spacial score (nSPS) is 10.7. The molecule has 0 amide bonds. The van der Waals surface area contributed by atoms with Gasteiger partial charge in [-0.1, -0.05) is 72.0 Å². The third kappa shape index (κ3) is 4.56. The number of aryl methyl sites for hydroxylation is 2. The number of aromatic nitrogens is 2. The van der Waals surface area contributed by atoms with Crippen molar-refractivity contribution in [3.8, 4) is 0 Å². The Kier molecular flexibility index (Phi) is 5.31. The summed E-state index contributed by atoms with van der Waals surface area (Å²) in [5.41, 5.74) is 4.99. The van der Waals surface area contributed by atoms with Crippen molar-refractivity contribution < 1.29 is 0 Å². The first-order valence-electron chi connectivity index (χ1n) is 7.61. The van der Waals surface area contributed by atoms with Crippen LogP contribution in [-0.4, -0.2) is 10.2 Å². The topological polar surface area (TPSA) is 37.8 Å². The average molecular weight is 342 g/mol. The number of hydrogen-bond donors (Lipinski definition) is 1. The molecule has 0 saturated carbocycles. The van der Waals surface area contributed by atoms with Crippen molar-refractivity contribution in [3.05, 3.63) is 65.2 Å². The van der Waals surface area contributed by atoms with Crippen LogP contribution in [0.25, 0.3) is 0 Å². The largest absolute Gasteiger partial charge is 0.330 e. The number of hydrogen-bond acceptors (Lipinski definition) is 5. The van der Waals surface area contributed by atoms with Crippen molar-refractivity contribution in [2.75, 3.05) is 5.32 Å². The summed E-state index contributed by atoms with van der Waals surface area (Å²) in [4.78, 5) is 0. The number of nitrogens with zero attached hydrogens (tertiary/aromatic N) is 2. The van der Waals surface area contributed by atoms with Gasteiger partial charge in [0.05, 0.1) is 0 Å². The molecule has 0 fully saturated rings. The van der Waals surface area contributed by atoms with Gasteiger partial charge in [-0.05, 0) is 36.6 Å². The maximum atomic E-state index is 4.25. The highest BCUT2D eigenvalue weighted by atomic mass is 32.2. The predicted molar refractivity (Wildman–Crippen MR) is 99.8 cm³/mol. The molecule has 0 radical (unpaired) electrons. The zero-order valence-corrected chi connectivity index (χ0v) is 14.9. The van der Waals surface area contributed by atoms with Crippen LogP contribution in [0.4, 0.5) is 10.8 Å². The molecule has 1 aromatic heterocycles. The van der Waals surface area contributed by atoms with Gasteiger partial charge in [-0.2, -0.15) is 0 Å². The predicted octanol–water partition coefficient (Wildman–Crippen LogP) is 5.44. The molecule has 0 bridgehead atoms. The molecular weight excluding hydrogens is 322 g/mol. The minimum Gasteiger partial charge on any atom is -0.330 e. The van der Waals surface area contributed by atoms with Gasteiger partial charge in [0.15, 0.2) is 4.34 Å². The first-order valence-corrected chi connectivity index (χ1v) is 9.41. The lowest BCUT2D eigenvalue weighted by molar-refractivity contribution is 1.01. The Labute approximate surface area is 145 Å². The lowest BCUT2D eigenvalue weighted by atomic mass is 10.1. The molecular formula is C18H19N3S2. The Morgan fingerprint density at radius 2 is 1.87 bits per heavy atom. The smallest absolute Gasteiger partial charge is 0.210 e. The van der Waals surface area contributed by atoms with Crippen LogP contribution in [0.1, 0.15) is 23.6 Å². The van der Waals surface area contributed by atoms with E-state index in [1.807, 2.05) is 0 Å². The summed E-state index contributed by atoms with van der Waals surface area (Å²) in [7, 11) is 0. The Morgan fingerprint density at radius 1 is 1.04 bits per heavy atom. The first kappa shape index (κ1) is 16.0. The van der Waals surface area contributed by atoms with E-state index in [-0.39, 0.29) is 0 Å². The molecule has 0 aliphatic rings. The van der Waals surface area contributed by atoms with E-state index in [4.69, 9.17) is 0 Å². The van der Waals surface area contributed by atoms with Crippen LogP contribution in [0.5, 0.6) is 0 Å². The third-order valence-corrected chi connectivity index (χ3v) is 5.51. The Hall–Kier alpha value is -1.85. The summed E-state index contributed by atoms with van der Waals surface area (Å²) in [5, 5.41) is 12.6. The van der Waals surface area contributed by atoms with Gasteiger partial charge in [-0.15, -0.1) is 10.2 Å². The van der Waals surface area contributed by atoms with Gasteiger partial charge >= 0.3 is 0 Å². The van der Waals surface area contributed by atoms with Gasteiger partial charge in [0.2, 0.25) is 5.13 Å². The van der Waals surface area contributed by atoms with Crippen LogP contribution in [0.15, 0.2) is 52.9 Å². The molecule has 3 rings (SSSR count). The average Bonchev–Trinajstić information content (AvgIpc) is 3.01. The number of thioether (sulfide) groups is 1. The molecule has 0 saturated heterocycles. The van der Waals surface area contributed by atoms with Crippen LogP contribution in [0.3, 0.4) is 0 Å². The van der Waals surface area contributed by atoms with Crippen molar-refractivity contribution in [2.45, 2.75) is 30.4 Å². The van der Waals surface area contributed by atoms with Crippen molar-refractivity contribution in [1.82, 2.24) is 10.2 Å². The maximum Gasteiger partial charge on any atom is 0.210 e. The monoisotopic (exact) mass is 341 g/mol. The molecule has 0 spiro atoms. The van der Waals surface area contributed by atoms with Crippen LogP contribution in [0.2, 0.25) is 0 Å². The highest BCUT2D eigenvalue weighted by Crippen LogP contribution is 2.30. The van der Waals surface area contributed by atoms with Crippen molar-refractivity contribution in [2.24, 2.45) is 0 Å². The van der Waals surface area contributed by atoms with Gasteiger partial charge in [-0.3, -0.25) is 0 Å². The third-order valence-electron chi connectivity index (χ3n) is 3.46. The summed E-state index contributed by atoms with van der Waals surface area (Å²) in [6.45, 7) is 4.27. The number of benzene rings is 2. The molecule has 5 heteroatoms. The fourth-order valence-corrected chi connectivity index (χ4v) is 3.93. The van der Waals surface area contributed by atoms with E-state index >= 15 is 0 Å². The second-order valence-corrected chi connectivity index (χ2v) is 7.53. The van der Waals surface area contributed by atoms with E-state index in [0.29, 0.717) is 0 Å². The molecule has 0 aliphatic heterocycles. The van der Waals surface area contributed by atoms with E-state index < -0.39 is 0 Å². The standard InChI is InChI=1S/C18H19N3S2/c1-3-14-7-9-16(10-8-14)19-17-20-21-18(23-17)22-12-15-6-4-5-13(2)11-15/h4-11H,3,12H2,1-2H3,(H,19,20). The van der Waals surface area contributed by atoms with Crippen LogP contribution in [0, 0.1) is 6.92 Å². The summed E-state index contributed by atoms with van der Waals surface area (Å²) in [5.74, 6) is 0.918. The summed E-state index contributed by atoms with van der Waals surface area (Å²) < 4.78 is 0.985. The molecule has 118 valence electrons. The van der Waals surface area contributed by atoms with Gasteiger partial charge < -0.3 is 5.32 Å². The van der Waals surface area contributed by atoms with E-state index in [1.54, 1.807) is 23.1 Å². The fourth-order valence-electron chi connectivity index (χ4n) is 2.21. The molecule has 1 heterocycles. The SMILES string of the molecule is CCc1ccc(Nc2nnc(SCc3cccc(C)c3)s2)cc1. The highest BCUT2D eigenvalue weighted by molar-refractivity contribution is 8.00. The zero-order chi connectivity index (χ0) is 16.1. The molecule has 0 atom stereocenters. The fraction of sp³-hybridized carbons (Fsp3) is 0.222. The molecule has 2 aromatic carbocycles. The van der Waals surface area contributed by atoms with Gasteiger partial charge in [-0.25, -0.2) is 0 Å². The lowest BCUT2D eigenvalue weighted by Crippen LogP contribution is -1.89. The van der Waals surface area contributed by atoms with E-state index in [9.17, 15) is 0 Å². The summed E-state index contributed by atoms with van der Waals surface area (Å²) in [6, 6.07) is 17.0. The quantitative estimate of drug-likeness (QED) is 0.605. The van der Waals surface area contributed by atoms with Crippen molar-refractivity contribution >= 4 is 33.9 Å². The molecule has 1 N–H and O–H groups in total. The second-order valence-electron chi connectivity index (χ2n) is 5.33. The van der Waals surface area contributed by atoms with Gasteiger partial charge in [0.25, 0.3) is 0 Å². The molecule has 23 heavy (non-hydrogen) atoms. The number of rotatable bonds is 6. The van der Waals surface area contributed by atoms with Crippen molar-refractivity contribution in [1.29, 1.82) is 0 Å². The number of anilines is 2. The van der Waals surface area contributed by atoms with Gasteiger partial charge in [0.1, 0.15) is 0 Å². The summed E-state index contributed by atoms with van der Waals surface area (Å²) in [6.07, 6.45) is 1.05. The first-order chi connectivity index (χ1) is 11.2. The second kappa shape index (κ2) is 7.62. The van der Waals surface area contributed by atoms with E-state index in [2.05, 4.69) is 77.9 Å². The number of nitrogens with one attached hydrogen (secondary N) is 1. The Morgan fingerprint density at radius 3 is 2.61 bits per heavy atom. The molecule has 0 aliphatic carbocycles. The van der Waals surface area contributed by atoms with Crippen LogP contribution < -0.4 is 5.32 Å². The lowest BCUT2D eigenvalue weighted by Gasteiger charge is -2.02. The summed E-state index contributed by atoms with van der Waals surface area (Å²) >= 11 is 3.32. The minimum absolute atomic E-state index is 0.834.